The van der Waals surface area contributed by atoms with E-state index in [9.17, 15) is 0 Å². The summed E-state index contributed by atoms with van der Waals surface area (Å²) in [5.74, 6) is 2.36. The van der Waals surface area contributed by atoms with E-state index >= 15 is 0 Å². The van der Waals surface area contributed by atoms with Crippen molar-refractivity contribution in [2.24, 2.45) is 5.92 Å². The average molecular weight is 262 g/mol. The van der Waals surface area contributed by atoms with Crippen molar-refractivity contribution < 1.29 is 4.74 Å². The first kappa shape index (κ1) is 12.7. The van der Waals surface area contributed by atoms with Gasteiger partial charge in [0.25, 0.3) is 0 Å². The molecule has 3 heterocycles. The number of ether oxygens (including phenoxy) is 1. The molecule has 104 valence electrons. The fourth-order valence-corrected chi connectivity index (χ4v) is 3.12. The molecule has 1 N–H and O–H groups in total. The molecule has 2 aliphatic rings. The zero-order valence-corrected chi connectivity index (χ0v) is 11.7. The Kier molecular flexibility index (Phi) is 3.55. The summed E-state index contributed by atoms with van der Waals surface area (Å²) in [5.41, 5.74) is 0. The van der Waals surface area contributed by atoms with Gasteiger partial charge in [-0.1, -0.05) is 0 Å². The van der Waals surface area contributed by atoms with Crippen LogP contribution in [0.3, 0.4) is 0 Å². The Morgan fingerprint density at radius 3 is 2.84 bits per heavy atom. The van der Waals surface area contributed by atoms with E-state index in [1.165, 1.54) is 12.8 Å². The van der Waals surface area contributed by atoms with Crippen LogP contribution < -0.4 is 15.0 Å². The van der Waals surface area contributed by atoms with Crippen LogP contribution >= 0.6 is 0 Å². The predicted octanol–water partition coefficient (Wildman–Crippen LogP) is 1.45. The molecule has 2 saturated heterocycles. The van der Waals surface area contributed by atoms with E-state index in [0.29, 0.717) is 6.04 Å². The second kappa shape index (κ2) is 5.33. The number of aromatic nitrogens is 2. The summed E-state index contributed by atoms with van der Waals surface area (Å²) in [7, 11) is 0. The standard InChI is InChI=1S/C14H22N4O/c1-10(2)19-12-8-16-14(17-9-12)18-6-4-11-7-15-5-3-13(11)18/h8-11,13,15H,3-7H2,1-2H3/t11-,13+/m1/s1. The van der Waals surface area contributed by atoms with Crippen molar-refractivity contribution in [1.29, 1.82) is 0 Å². The van der Waals surface area contributed by atoms with Gasteiger partial charge >= 0.3 is 0 Å². The van der Waals surface area contributed by atoms with E-state index < -0.39 is 0 Å². The molecule has 0 radical (unpaired) electrons. The summed E-state index contributed by atoms with van der Waals surface area (Å²) in [6.07, 6.45) is 6.17. The lowest BCUT2D eigenvalue weighted by atomic mass is 9.94. The van der Waals surface area contributed by atoms with Gasteiger partial charge in [-0.2, -0.15) is 0 Å². The first-order chi connectivity index (χ1) is 9.24. The number of hydrogen-bond donors (Lipinski definition) is 1. The van der Waals surface area contributed by atoms with Crippen LogP contribution in [-0.4, -0.2) is 41.7 Å². The molecule has 2 fully saturated rings. The van der Waals surface area contributed by atoms with E-state index in [2.05, 4.69) is 20.2 Å². The number of nitrogens with one attached hydrogen (secondary N) is 1. The first-order valence-corrected chi connectivity index (χ1v) is 7.20. The second-order valence-electron chi connectivity index (χ2n) is 5.69. The molecule has 2 atom stereocenters. The highest BCUT2D eigenvalue weighted by Gasteiger charge is 2.36. The van der Waals surface area contributed by atoms with Crippen molar-refractivity contribution in [3.63, 3.8) is 0 Å². The third-order valence-electron chi connectivity index (χ3n) is 3.95. The Morgan fingerprint density at radius 1 is 1.32 bits per heavy atom. The van der Waals surface area contributed by atoms with E-state index in [1.54, 1.807) is 12.4 Å². The van der Waals surface area contributed by atoms with Crippen LogP contribution in [-0.2, 0) is 0 Å². The third kappa shape index (κ3) is 2.66. The zero-order chi connectivity index (χ0) is 13.2. The molecule has 0 aromatic carbocycles. The van der Waals surface area contributed by atoms with Gasteiger partial charge in [0.05, 0.1) is 18.5 Å². The molecule has 0 unspecified atom stereocenters. The normalized spacial score (nSPS) is 26.6. The SMILES string of the molecule is CC(C)Oc1cnc(N2CC[C@@H]3CNCC[C@@H]32)nc1. The van der Waals surface area contributed by atoms with E-state index in [4.69, 9.17) is 4.74 Å². The van der Waals surface area contributed by atoms with Gasteiger partial charge in [0, 0.05) is 12.6 Å². The van der Waals surface area contributed by atoms with Crippen molar-refractivity contribution in [2.75, 3.05) is 24.5 Å². The van der Waals surface area contributed by atoms with Crippen molar-refractivity contribution in [2.45, 2.75) is 38.8 Å². The molecular weight excluding hydrogens is 240 g/mol. The third-order valence-corrected chi connectivity index (χ3v) is 3.95. The minimum absolute atomic E-state index is 0.162. The highest BCUT2D eigenvalue weighted by molar-refractivity contribution is 5.35. The van der Waals surface area contributed by atoms with Gasteiger partial charge in [-0.25, -0.2) is 9.97 Å². The molecule has 0 aliphatic carbocycles. The maximum atomic E-state index is 5.58. The highest BCUT2D eigenvalue weighted by atomic mass is 16.5. The van der Waals surface area contributed by atoms with Gasteiger partial charge in [-0.05, 0) is 45.7 Å². The molecule has 1 aromatic heterocycles. The Hall–Kier alpha value is -1.36. The summed E-state index contributed by atoms with van der Waals surface area (Å²) in [6, 6.07) is 0.609. The molecule has 0 spiro atoms. The van der Waals surface area contributed by atoms with Crippen LogP contribution in [0.15, 0.2) is 12.4 Å². The quantitative estimate of drug-likeness (QED) is 0.893. The van der Waals surface area contributed by atoms with Crippen LogP contribution in [0.1, 0.15) is 26.7 Å². The molecule has 0 amide bonds. The molecule has 0 saturated carbocycles. The van der Waals surface area contributed by atoms with Gasteiger partial charge in [0.15, 0.2) is 5.75 Å². The van der Waals surface area contributed by atoms with Crippen molar-refractivity contribution in [3.05, 3.63) is 12.4 Å². The maximum absolute atomic E-state index is 5.58. The number of nitrogens with zero attached hydrogens (tertiary/aromatic N) is 3. The van der Waals surface area contributed by atoms with Crippen LogP contribution in [0, 0.1) is 5.92 Å². The molecular formula is C14H22N4O. The topological polar surface area (TPSA) is 50.3 Å². The van der Waals surface area contributed by atoms with Crippen molar-refractivity contribution in [1.82, 2.24) is 15.3 Å². The summed E-state index contributed by atoms with van der Waals surface area (Å²) < 4.78 is 5.58. The molecule has 0 bridgehead atoms. The largest absolute Gasteiger partial charge is 0.488 e. The number of rotatable bonds is 3. The predicted molar refractivity (Wildman–Crippen MR) is 74.5 cm³/mol. The van der Waals surface area contributed by atoms with Crippen molar-refractivity contribution >= 4 is 5.95 Å². The molecule has 2 aliphatic heterocycles. The Balaban J connectivity index is 1.71. The number of anilines is 1. The number of piperidine rings is 1. The molecule has 3 rings (SSSR count). The maximum Gasteiger partial charge on any atom is 0.225 e. The average Bonchev–Trinajstić information content (AvgIpc) is 2.83. The van der Waals surface area contributed by atoms with Crippen LogP contribution in [0.25, 0.3) is 0 Å². The molecule has 1 aromatic rings. The van der Waals surface area contributed by atoms with Gasteiger partial charge in [0.2, 0.25) is 5.95 Å². The fraction of sp³-hybridized carbons (Fsp3) is 0.714. The smallest absolute Gasteiger partial charge is 0.225 e. The number of fused-ring (bicyclic) bond motifs is 1. The summed E-state index contributed by atoms with van der Waals surface area (Å²) in [6.45, 7) is 7.32. The Morgan fingerprint density at radius 2 is 2.11 bits per heavy atom. The summed E-state index contributed by atoms with van der Waals surface area (Å²) >= 11 is 0. The van der Waals surface area contributed by atoms with Gasteiger partial charge in [0.1, 0.15) is 0 Å². The molecule has 19 heavy (non-hydrogen) atoms. The first-order valence-electron chi connectivity index (χ1n) is 7.20. The lowest BCUT2D eigenvalue weighted by Crippen LogP contribution is -2.44. The fourth-order valence-electron chi connectivity index (χ4n) is 3.12. The minimum Gasteiger partial charge on any atom is -0.488 e. The lowest BCUT2D eigenvalue weighted by molar-refractivity contribution is 0.240. The van der Waals surface area contributed by atoms with Crippen molar-refractivity contribution in [3.8, 4) is 5.75 Å². The lowest BCUT2D eigenvalue weighted by Gasteiger charge is -2.32. The second-order valence-corrected chi connectivity index (χ2v) is 5.69. The van der Waals surface area contributed by atoms with Crippen LogP contribution in [0.5, 0.6) is 5.75 Å². The van der Waals surface area contributed by atoms with E-state index in [-0.39, 0.29) is 6.10 Å². The van der Waals surface area contributed by atoms with E-state index in [1.807, 2.05) is 13.8 Å². The van der Waals surface area contributed by atoms with Gasteiger partial charge in [-0.15, -0.1) is 0 Å². The van der Waals surface area contributed by atoms with Gasteiger partial charge in [-0.3, -0.25) is 0 Å². The van der Waals surface area contributed by atoms with E-state index in [0.717, 1.165) is 37.3 Å². The van der Waals surface area contributed by atoms with Gasteiger partial charge < -0.3 is 15.0 Å². The zero-order valence-electron chi connectivity index (χ0n) is 11.7. The Bertz CT molecular complexity index is 420. The van der Waals surface area contributed by atoms with Crippen LogP contribution in [0.2, 0.25) is 0 Å². The summed E-state index contributed by atoms with van der Waals surface area (Å²) in [5, 5.41) is 3.47. The minimum atomic E-state index is 0.162. The summed E-state index contributed by atoms with van der Waals surface area (Å²) in [4.78, 5) is 11.3. The highest BCUT2D eigenvalue weighted by Crippen LogP contribution is 2.31. The Labute approximate surface area is 114 Å². The molecule has 5 heteroatoms. The molecule has 5 nitrogen and oxygen atoms in total. The number of hydrogen-bond acceptors (Lipinski definition) is 5. The van der Waals surface area contributed by atoms with Crippen LogP contribution in [0.4, 0.5) is 5.95 Å². The monoisotopic (exact) mass is 262 g/mol.